The standard InChI is InChI=1S/C10H12NO2.CH3/c1-7(12)9-4-5-11(3)10(6-9)8(2)13;/h4-6H,1-3H3;1H3/q+1;-1. The first kappa shape index (κ1) is 12.5. The van der Waals surface area contributed by atoms with E-state index in [1.807, 2.05) is 0 Å². The van der Waals surface area contributed by atoms with Gasteiger partial charge >= 0.3 is 0 Å². The van der Waals surface area contributed by atoms with Gasteiger partial charge in [0.25, 0.3) is 0 Å². The lowest BCUT2D eigenvalue weighted by Crippen LogP contribution is -2.35. The van der Waals surface area contributed by atoms with Gasteiger partial charge in [-0.3, -0.25) is 9.59 Å². The fourth-order valence-corrected chi connectivity index (χ4v) is 1.14. The van der Waals surface area contributed by atoms with Crippen molar-refractivity contribution in [3.8, 4) is 0 Å². The Kier molecular flexibility index (Phi) is 4.15. The number of aromatic nitrogens is 1. The molecule has 0 aromatic carbocycles. The van der Waals surface area contributed by atoms with Gasteiger partial charge in [-0.25, -0.2) is 0 Å². The van der Waals surface area contributed by atoms with Crippen LogP contribution in [0.4, 0.5) is 0 Å². The van der Waals surface area contributed by atoms with Crippen molar-refractivity contribution >= 4 is 11.6 Å². The lowest BCUT2D eigenvalue weighted by Gasteiger charge is -1.97. The summed E-state index contributed by atoms with van der Waals surface area (Å²) in [4.78, 5) is 22.1. The molecule has 0 bridgehead atoms. The Morgan fingerprint density at radius 3 is 2.21 bits per heavy atom. The Balaban J connectivity index is 0.00000169. The highest BCUT2D eigenvalue weighted by Gasteiger charge is 2.13. The Hall–Kier alpha value is -1.51. The molecule has 0 aliphatic carbocycles. The fourth-order valence-electron chi connectivity index (χ4n) is 1.14. The summed E-state index contributed by atoms with van der Waals surface area (Å²) >= 11 is 0. The lowest BCUT2D eigenvalue weighted by molar-refractivity contribution is -0.673. The summed E-state index contributed by atoms with van der Waals surface area (Å²) in [5.74, 6) is -0.0614. The van der Waals surface area contributed by atoms with Crippen LogP contribution in [0, 0.1) is 7.43 Å². The normalized spacial score (nSPS) is 9.07. The summed E-state index contributed by atoms with van der Waals surface area (Å²) in [5.41, 5.74) is 1.12. The Morgan fingerprint density at radius 2 is 1.79 bits per heavy atom. The average Bonchev–Trinajstić information content (AvgIpc) is 2.04. The highest BCUT2D eigenvalue weighted by molar-refractivity contribution is 5.97. The highest BCUT2D eigenvalue weighted by atomic mass is 16.1. The Morgan fingerprint density at radius 1 is 1.21 bits per heavy atom. The van der Waals surface area contributed by atoms with Crippen LogP contribution in [0.2, 0.25) is 0 Å². The predicted octanol–water partition coefficient (Wildman–Crippen LogP) is 1.37. The van der Waals surface area contributed by atoms with Crippen molar-refractivity contribution in [1.82, 2.24) is 0 Å². The lowest BCUT2D eigenvalue weighted by atomic mass is 10.1. The first-order valence-electron chi connectivity index (χ1n) is 4.04. The third-order valence-electron chi connectivity index (χ3n) is 1.92. The van der Waals surface area contributed by atoms with E-state index in [0.29, 0.717) is 11.3 Å². The van der Waals surface area contributed by atoms with Gasteiger partial charge in [-0.2, -0.15) is 4.57 Å². The van der Waals surface area contributed by atoms with E-state index in [1.54, 1.807) is 29.9 Å². The molecule has 0 N–H and O–H groups in total. The second kappa shape index (κ2) is 4.65. The van der Waals surface area contributed by atoms with Gasteiger partial charge in [0.15, 0.2) is 12.0 Å². The van der Waals surface area contributed by atoms with Gasteiger partial charge in [0, 0.05) is 24.6 Å². The molecule has 0 spiro atoms. The highest BCUT2D eigenvalue weighted by Crippen LogP contribution is 2.01. The zero-order valence-electron chi connectivity index (χ0n) is 9.00. The third kappa shape index (κ3) is 2.49. The maximum absolute atomic E-state index is 11.1. The van der Waals surface area contributed by atoms with E-state index in [-0.39, 0.29) is 19.0 Å². The number of pyridine rings is 1. The molecule has 0 unspecified atom stereocenters. The van der Waals surface area contributed by atoms with E-state index >= 15 is 0 Å². The second-order valence-electron chi connectivity index (χ2n) is 3.02. The number of rotatable bonds is 2. The Bertz CT molecular complexity index is 370. The molecule has 0 aliphatic rings. The maximum Gasteiger partial charge on any atom is 0.248 e. The number of carbonyl (C=O) groups excluding carboxylic acids is 2. The van der Waals surface area contributed by atoms with Crippen molar-refractivity contribution in [3.63, 3.8) is 0 Å². The molecule has 14 heavy (non-hydrogen) atoms. The van der Waals surface area contributed by atoms with Crippen LogP contribution in [0.15, 0.2) is 18.3 Å². The summed E-state index contributed by atoms with van der Waals surface area (Å²) in [6.45, 7) is 2.97. The van der Waals surface area contributed by atoms with Crippen molar-refractivity contribution in [2.75, 3.05) is 0 Å². The van der Waals surface area contributed by atoms with Crippen molar-refractivity contribution in [1.29, 1.82) is 0 Å². The molecule has 76 valence electrons. The molecule has 1 aromatic rings. The monoisotopic (exact) mass is 193 g/mol. The quantitative estimate of drug-likeness (QED) is 0.404. The van der Waals surface area contributed by atoms with Crippen LogP contribution < -0.4 is 4.57 Å². The molecule has 0 amide bonds. The van der Waals surface area contributed by atoms with Crippen LogP contribution in [0.25, 0.3) is 0 Å². The molecule has 0 aliphatic heterocycles. The van der Waals surface area contributed by atoms with E-state index in [2.05, 4.69) is 0 Å². The molecule has 1 heterocycles. The summed E-state index contributed by atoms with van der Waals surface area (Å²) in [6, 6.07) is 3.32. The summed E-state index contributed by atoms with van der Waals surface area (Å²) < 4.78 is 1.70. The molecule has 0 saturated carbocycles. The molecular formula is C11H15NO2. The molecule has 3 nitrogen and oxygen atoms in total. The molecular weight excluding hydrogens is 178 g/mol. The van der Waals surface area contributed by atoms with Crippen LogP contribution in [0.3, 0.4) is 0 Å². The number of ketones is 2. The molecule has 1 aromatic heterocycles. The fraction of sp³-hybridized carbons (Fsp3) is 0.273. The maximum atomic E-state index is 11.1. The van der Waals surface area contributed by atoms with Gasteiger partial charge in [-0.1, -0.05) is 0 Å². The first-order valence-corrected chi connectivity index (χ1v) is 4.04. The van der Waals surface area contributed by atoms with Crippen LogP contribution in [-0.2, 0) is 7.05 Å². The van der Waals surface area contributed by atoms with E-state index in [9.17, 15) is 9.59 Å². The van der Waals surface area contributed by atoms with Crippen molar-refractivity contribution in [2.45, 2.75) is 13.8 Å². The molecule has 3 heteroatoms. The number of aryl methyl sites for hydroxylation is 1. The van der Waals surface area contributed by atoms with Crippen molar-refractivity contribution in [2.24, 2.45) is 7.05 Å². The predicted molar refractivity (Wildman–Crippen MR) is 54.0 cm³/mol. The zero-order chi connectivity index (χ0) is 10.0. The average molecular weight is 193 g/mol. The van der Waals surface area contributed by atoms with Crippen LogP contribution >= 0.6 is 0 Å². The number of carbonyl (C=O) groups is 2. The van der Waals surface area contributed by atoms with Crippen LogP contribution in [0.1, 0.15) is 34.7 Å². The second-order valence-corrected chi connectivity index (χ2v) is 3.02. The van der Waals surface area contributed by atoms with Gasteiger partial charge in [0.2, 0.25) is 11.5 Å². The summed E-state index contributed by atoms with van der Waals surface area (Å²) in [7, 11) is 1.78. The minimum absolute atomic E-state index is 0. The molecule has 0 radical (unpaired) electrons. The smallest absolute Gasteiger partial charge is 0.248 e. The number of nitrogens with zero attached hydrogens (tertiary/aromatic N) is 1. The molecule has 0 fully saturated rings. The Labute approximate surface area is 84.4 Å². The van der Waals surface area contributed by atoms with Gasteiger partial charge in [-0.15, -0.1) is 0 Å². The van der Waals surface area contributed by atoms with Gasteiger partial charge in [0.1, 0.15) is 7.05 Å². The number of hydrogen-bond acceptors (Lipinski definition) is 2. The molecule has 0 saturated heterocycles. The van der Waals surface area contributed by atoms with Gasteiger partial charge in [0.05, 0.1) is 0 Å². The summed E-state index contributed by atoms with van der Waals surface area (Å²) in [6.07, 6.45) is 1.72. The van der Waals surface area contributed by atoms with E-state index in [4.69, 9.17) is 0 Å². The van der Waals surface area contributed by atoms with E-state index in [0.717, 1.165) is 0 Å². The largest absolute Gasteiger partial charge is 0.358 e. The van der Waals surface area contributed by atoms with Crippen LogP contribution in [-0.4, -0.2) is 11.6 Å². The van der Waals surface area contributed by atoms with Crippen molar-refractivity contribution < 1.29 is 14.2 Å². The molecule has 0 atom stereocenters. The summed E-state index contributed by atoms with van der Waals surface area (Å²) in [5, 5.41) is 0. The zero-order valence-corrected chi connectivity index (χ0v) is 9.00. The van der Waals surface area contributed by atoms with Gasteiger partial charge < -0.3 is 7.43 Å². The minimum atomic E-state index is -0.0365. The van der Waals surface area contributed by atoms with Crippen molar-refractivity contribution in [3.05, 3.63) is 37.0 Å². The van der Waals surface area contributed by atoms with Gasteiger partial charge in [-0.05, 0) is 6.92 Å². The van der Waals surface area contributed by atoms with E-state index in [1.165, 1.54) is 13.8 Å². The topological polar surface area (TPSA) is 38.0 Å². The minimum Gasteiger partial charge on any atom is -0.358 e. The SMILES string of the molecule is CC(=O)c1cc[n+](C)c(C(C)=O)c1.[CH3-]. The molecule has 1 rings (SSSR count). The first-order chi connectivity index (χ1) is 6.02. The van der Waals surface area contributed by atoms with Crippen LogP contribution in [0.5, 0.6) is 0 Å². The third-order valence-corrected chi connectivity index (χ3v) is 1.92. The number of hydrogen-bond donors (Lipinski definition) is 0. The number of Topliss-reactive ketones (excluding diaryl/α,β-unsaturated/α-hetero) is 2. The van der Waals surface area contributed by atoms with E-state index < -0.39 is 0 Å².